The average Bonchev–Trinajstić information content (AvgIpc) is 3.19. The maximum atomic E-state index is 3.65. The predicted octanol–water partition coefficient (Wildman–Crippen LogP) is 8.64. The number of aromatic amines is 1. The molecule has 0 saturated heterocycles. The molecule has 2 heteroatoms. The molecule has 2 atom stereocenters. The molecular weight excluding hydrogens is 340 g/mol. The van der Waals surface area contributed by atoms with Crippen molar-refractivity contribution < 1.29 is 4.57 Å². The zero-order valence-corrected chi connectivity index (χ0v) is 19.8. The number of unbranched alkanes of at least 4 members (excludes halogenated alkanes) is 11. The molecule has 0 spiro atoms. The molecule has 0 amide bonds. The maximum absolute atomic E-state index is 3.65. The van der Waals surface area contributed by atoms with Gasteiger partial charge in [-0.1, -0.05) is 104 Å². The third kappa shape index (κ3) is 10.7. The van der Waals surface area contributed by atoms with Crippen molar-refractivity contribution in [3.63, 3.8) is 0 Å². The minimum absolute atomic E-state index is 0.626. The molecule has 1 aromatic rings. The first kappa shape index (κ1) is 25.2. The number of rotatable bonds is 19. The number of H-pyrrole nitrogens is 1. The maximum Gasteiger partial charge on any atom is 0.257 e. The van der Waals surface area contributed by atoms with E-state index in [0.29, 0.717) is 6.04 Å². The lowest BCUT2D eigenvalue weighted by molar-refractivity contribution is -0.727. The summed E-state index contributed by atoms with van der Waals surface area (Å²) in [6.45, 7) is 9.35. The molecular formula is C26H51N2+. The van der Waals surface area contributed by atoms with Crippen LogP contribution in [0.1, 0.15) is 155 Å². The lowest BCUT2D eigenvalue weighted by Crippen LogP contribution is -2.41. The molecule has 0 bridgehead atoms. The summed E-state index contributed by atoms with van der Waals surface area (Å²) in [6, 6.07) is 0.626. The average molecular weight is 392 g/mol. The molecule has 2 unspecified atom stereocenters. The van der Waals surface area contributed by atoms with E-state index in [0.717, 1.165) is 5.92 Å². The van der Waals surface area contributed by atoms with Crippen LogP contribution in [0.4, 0.5) is 0 Å². The topological polar surface area (TPSA) is 19.7 Å². The van der Waals surface area contributed by atoms with E-state index in [1.54, 1.807) is 0 Å². The zero-order chi connectivity index (χ0) is 20.5. The smallest absolute Gasteiger partial charge is 0.247 e. The first-order chi connectivity index (χ1) is 13.7. The normalized spacial score (nSPS) is 13.7. The summed E-state index contributed by atoms with van der Waals surface area (Å²) in [5.74, 6) is 2.22. The third-order valence-corrected chi connectivity index (χ3v) is 6.39. The van der Waals surface area contributed by atoms with Crippen molar-refractivity contribution in [2.24, 2.45) is 0 Å². The fourth-order valence-electron chi connectivity index (χ4n) is 4.48. The van der Waals surface area contributed by atoms with Gasteiger partial charge < -0.3 is 0 Å². The van der Waals surface area contributed by atoms with Gasteiger partial charge in [-0.25, -0.2) is 9.55 Å². The molecule has 164 valence electrons. The molecule has 0 saturated carbocycles. The van der Waals surface area contributed by atoms with Crippen LogP contribution in [-0.2, 0) is 0 Å². The van der Waals surface area contributed by atoms with Crippen LogP contribution in [0.3, 0.4) is 0 Å². The molecule has 1 heterocycles. The highest BCUT2D eigenvalue weighted by molar-refractivity contribution is 4.90. The Kier molecular flexibility index (Phi) is 15.4. The highest BCUT2D eigenvalue weighted by Crippen LogP contribution is 2.26. The SMILES string of the molecule is CCCCCCCCC(C)[n+]1cc[nH]c1C(CCCCC)CCCCCCC. The van der Waals surface area contributed by atoms with Crippen LogP contribution < -0.4 is 4.57 Å². The van der Waals surface area contributed by atoms with Gasteiger partial charge >= 0.3 is 0 Å². The Hall–Kier alpha value is -0.790. The largest absolute Gasteiger partial charge is 0.257 e. The van der Waals surface area contributed by atoms with E-state index in [-0.39, 0.29) is 0 Å². The summed E-state index contributed by atoms with van der Waals surface area (Å²) in [4.78, 5) is 3.65. The second-order valence-electron chi connectivity index (χ2n) is 9.05. The van der Waals surface area contributed by atoms with E-state index in [1.165, 1.54) is 115 Å². The van der Waals surface area contributed by atoms with E-state index < -0.39 is 0 Å². The Bertz CT molecular complexity index is 451. The summed E-state index contributed by atoms with van der Waals surface area (Å²) < 4.78 is 2.58. The van der Waals surface area contributed by atoms with Crippen LogP contribution >= 0.6 is 0 Å². The van der Waals surface area contributed by atoms with E-state index >= 15 is 0 Å². The van der Waals surface area contributed by atoms with Crippen LogP contribution in [0.15, 0.2) is 12.4 Å². The van der Waals surface area contributed by atoms with Gasteiger partial charge in [-0.2, -0.15) is 0 Å². The second-order valence-corrected chi connectivity index (χ2v) is 9.05. The number of hydrogen-bond acceptors (Lipinski definition) is 0. The van der Waals surface area contributed by atoms with Gasteiger partial charge in [-0.05, 0) is 32.6 Å². The summed E-state index contributed by atoms with van der Waals surface area (Å²) >= 11 is 0. The van der Waals surface area contributed by atoms with Gasteiger partial charge in [-0.15, -0.1) is 0 Å². The Labute approximate surface area is 176 Å². The van der Waals surface area contributed by atoms with Gasteiger partial charge in [0.1, 0.15) is 12.4 Å². The molecule has 0 aliphatic carbocycles. The summed E-state index contributed by atoms with van der Waals surface area (Å²) in [5.41, 5.74) is 0. The van der Waals surface area contributed by atoms with Crippen molar-refractivity contribution in [2.75, 3.05) is 0 Å². The monoisotopic (exact) mass is 391 g/mol. The molecule has 0 aliphatic rings. The van der Waals surface area contributed by atoms with E-state index in [2.05, 4.69) is 49.6 Å². The van der Waals surface area contributed by atoms with Gasteiger partial charge in [0.05, 0.1) is 12.0 Å². The molecule has 28 heavy (non-hydrogen) atoms. The Morgan fingerprint density at radius 2 is 1.14 bits per heavy atom. The van der Waals surface area contributed by atoms with Gasteiger partial charge in [0, 0.05) is 0 Å². The van der Waals surface area contributed by atoms with Crippen molar-refractivity contribution >= 4 is 0 Å². The minimum atomic E-state index is 0.626. The number of nitrogens with one attached hydrogen (secondary N) is 1. The van der Waals surface area contributed by atoms with Crippen LogP contribution in [0.5, 0.6) is 0 Å². The van der Waals surface area contributed by atoms with Crippen LogP contribution in [0.25, 0.3) is 0 Å². The number of nitrogens with zero attached hydrogens (tertiary/aromatic N) is 1. The zero-order valence-electron chi connectivity index (χ0n) is 19.8. The van der Waals surface area contributed by atoms with Gasteiger partial charge in [0.15, 0.2) is 0 Å². The number of hydrogen-bond donors (Lipinski definition) is 1. The summed E-state index contributed by atoms with van der Waals surface area (Å²) in [5, 5.41) is 0. The minimum Gasteiger partial charge on any atom is -0.247 e. The Morgan fingerprint density at radius 3 is 1.75 bits per heavy atom. The fraction of sp³-hybridized carbons (Fsp3) is 0.885. The molecule has 0 radical (unpaired) electrons. The highest BCUT2D eigenvalue weighted by atomic mass is 15.1. The van der Waals surface area contributed by atoms with E-state index in [1.807, 2.05) is 0 Å². The van der Waals surface area contributed by atoms with E-state index in [9.17, 15) is 0 Å². The van der Waals surface area contributed by atoms with Crippen molar-refractivity contribution in [3.05, 3.63) is 18.2 Å². The van der Waals surface area contributed by atoms with Gasteiger partial charge in [0.2, 0.25) is 0 Å². The van der Waals surface area contributed by atoms with Crippen molar-refractivity contribution in [1.82, 2.24) is 4.98 Å². The predicted molar refractivity (Wildman–Crippen MR) is 124 cm³/mol. The quantitative estimate of drug-likeness (QED) is 0.180. The number of aromatic nitrogens is 2. The van der Waals surface area contributed by atoms with Crippen LogP contribution in [0, 0.1) is 0 Å². The highest BCUT2D eigenvalue weighted by Gasteiger charge is 2.25. The first-order valence-corrected chi connectivity index (χ1v) is 12.8. The molecule has 0 aromatic carbocycles. The Morgan fingerprint density at radius 1 is 0.679 bits per heavy atom. The van der Waals surface area contributed by atoms with Crippen molar-refractivity contribution in [3.8, 4) is 0 Å². The Balaban J connectivity index is 2.55. The molecule has 0 aliphatic heterocycles. The summed E-state index contributed by atoms with van der Waals surface area (Å²) in [6.07, 6.45) is 27.9. The van der Waals surface area contributed by atoms with E-state index in [4.69, 9.17) is 0 Å². The summed E-state index contributed by atoms with van der Waals surface area (Å²) in [7, 11) is 0. The van der Waals surface area contributed by atoms with Crippen molar-refractivity contribution in [1.29, 1.82) is 0 Å². The molecule has 0 fully saturated rings. The standard InChI is InChI=1S/C26H50N2/c1-5-8-11-13-15-17-19-24(4)28-23-22-27-26(28)25(20-16-10-7-3)21-18-14-12-9-6-2/h22-25H,5-21H2,1-4H3/p+1. The van der Waals surface area contributed by atoms with Crippen LogP contribution in [-0.4, -0.2) is 4.98 Å². The molecule has 2 nitrogen and oxygen atoms in total. The molecule has 1 rings (SSSR count). The number of imidazole rings is 1. The third-order valence-electron chi connectivity index (χ3n) is 6.39. The molecule has 1 N–H and O–H groups in total. The lowest BCUT2D eigenvalue weighted by Gasteiger charge is -2.17. The fourth-order valence-corrected chi connectivity index (χ4v) is 4.48. The second kappa shape index (κ2) is 17.1. The first-order valence-electron chi connectivity index (χ1n) is 12.8. The van der Waals surface area contributed by atoms with Crippen molar-refractivity contribution in [2.45, 2.75) is 149 Å². The van der Waals surface area contributed by atoms with Crippen LogP contribution in [0.2, 0.25) is 0 Å². The van der Waals surface area contributed by atoms with Gasteiger partial charge in [-0.3, -0.25) is 0 Å². The lowest BCUT2D eigenvalue weighted by atomic mass is 9.93. The van der Waals surface area contributed by atoms with Gasteiger partial charge in [0.25, 0.3) is 5.82 Å². The molecule has 1 aromatic heterocycles.